The van der Waals surface area contributed by atoms with Crippen LogP contribution in [0.4, 0.5) is 5.69 Å². The van der Waals surface area contributed by atoms with E-state index in [4.69, 9.17) is 11.1 Å². The van der Waals surface area contributed by atoms with Gasteiger partial charge in [-0.3, -0.25) is 5.84 Å². The van der Waals surface area contributed by atoms with Crippen LogP contribution in [0.15, 0.2) is 41.3 Å². The second-order valence-corrected chi connectivity index (χ2v) is 3.80. The normalized spacial score (nSPS) is 10.6. The topological polar surface area (TPSA) is 76.7 Å². The minimum atomic E-state index is 0.828. The van der Waals surface area contributed by atoms with Crippen LogP contribution >= 0.6 is 12.0 Å². The van der Waals surface area contributed by atoms with Gasteiger partial charge in [0.15, 0.2) is 0 Å². The molecule has 2 rings (SSSR count). The predicted octanol–water partition coefficient (Wildman–Crippen LogP) is 2.55. The average molecular weight is 238 g/mol. The van der Waals surface area contributed by atoms with Gasteiger partial charge in [-0.25, -0.2) is 5.26 Å². The predicted molar refractivity (Wildman–Crippen MR) is 62.4 cm³/mol. The minimum absolute atomic E-state index is 0.828. The van der Waals surface area contributed by atoms with Crippen LogP contribution in [0.25, 0.3) is 10.8 Å². The zero-order valence-corrected chi connectivity index (χ0v) is 9.03. The number of fused-ring (bicyclic) bond motifs is 1. The largest absolute Gasteiger partial charge is 0.324 e. The molecule has 0 aliphatic heterocycles. The van der Waals surface area contributed by atoms with Crippen LogP contribution in [0.1, 0.15) is 0 Å². The Morgan fingerprint density at radius 1 is 1.25 bits per heavy atom. The highest BCUT2D eigenvalue weighted by molar-refractivity contribution is 7.94. The number of rotatable bonds is 4. The van der Waals surface area contributed by atoms with Crippen LogP contribution in [-0.2, 0) is 9.37 Å². The molecule has 0 atom stereocenters. The molecule has 0 amide bonds. The molecule has 16 heavy (non-hydrogen) atoms. The summed E-state index contributed by atoms with van der Waals surface area (Å²) in [7, 11) is 0. The molecule has 0 aromatic heterocycles. The van der Waals surface area contributed by atoms with E-state index < -0.39 is 0 Å². The van der Waals surface area contributed by atoms with Crippen molar-refractivity contribution in [2.75, 3.05) is 5.43 Å². The highest BCUT2D eigenvalue weighted by atomic mass is 32.2. The molecule has 0 aliphatic carbocycles. The fourth-order valence-electron chi connectivity index (χ4n) is 1.47. The molecule has 0 bridgehead atoms. The lowest BCUT2D eigenvalue weighted by atomic mass is 10.1. The second kappa shape index (κ2) is 5.15. The van der Waals surface area contributed by atoms with E-state index in [9.17, 15) is 0 Å². The van der Waals surface area contributed by atoms with Gasteiger partial charge in [-0.1, -0.05) is 23.2 Å². The highest BCUT2D eigenvalue weighted by Gasteiger charge is 2.03. The number of nitrogen functional groups attached to an aromatic ring is 1. The molecule has 84 valence electrons. The van der Waals surface area contributed by atoms with Gasteiger partial charge >= 0.3 is 0 Å². The number of nitrogens with one attached hydrogen (secondary N) is 1. The lowest BCUT2D eigenvalue weighted by molar-refractivity contribution is -0.432. The van der Waals surface area contributed by atoms with Crippen LogP contribution < -0.4 is 11.3 Å². The Hall–Kier alpha value is -1.31. The van der Waals surface area contributed by atoms with Crippen molar-refractivity contribution in [1.29, 1.82) is 0 Å². The summed E-state index contributed by atoms with van der Waals surface area (Å²) in [6.45, 7) is 0. The lowest BCUT2D eigenvalue weighted by Crippen LogP contribution is -2.06. The van der Waals surface area contributed by atoms with E-state index >= 15 is 0 Å². The van der Waals surface area contributed by atoms with Gasteiger partial charge in [0.05, 0.1) is 12.0 Å². The number of anilines is 1. The molecule has 2 aromatic carbocycles. The van der Waals surface area contributed by atoms with Gasteiger partial charge in [-0.15, -0.1) is 4.33 Å². The first-order valence-electron chi connectivity index (χ1n) is 4.49. The van der Waals surface area contributed by atoms with E-state index in [-0.39, 0.29) is 0 Å². The van der Waals surface area contributed by atoms with Crippen molar-refractivity contribution >= 4 is 28.5 Å². The Bertz CT molecular complexity index is 492. The maximum Gasteiger partial charge on any atom is 0.0720 e. The zero-order valence-electron chi connectivity index (χ0n) is 8.21. The Labute approximate surface area is 96.2 Å². The number of hydrogen-bond donors (Lipinski definition) is 3. The lowest BCUT2D eigenvalue weighted by Gasteiger charge is -2.06. The van der Waals surface area contributed by atoms with Gasteiger partial charge in [-0.2, -0.15) is 0 Å². The van der Waals surface area contributed by atoms with Crippen molar-refractivity contribution in [2.24, 2.45) is 5.84 Å². The Morgan fingerprint density at radius 3 is 2.88 bits per heavy atom. The molecule has 4 N–H and O–H groups in total. The number of hydrogen-bond acceptors (Lipinski definition) is 6. The number of nitrogens with two attached hydrogens (primary N) is 1. The summed E-state index contributed by atoms with van der Waals surface area (Å²) in [6.07, 6.45) is 0. The van der Waals surface area contributed by atoms with Gasteiger partial charge in [0.25, 0.3) is 0 Å². The van der Waals surface area contributed by atoms with Crippen molar-refractivity contribution in [3.63, 3.8) is 0 Å². The summed E-state index contributed by atoms with van der Waals surface area (Å²) in [4.78, 5) is 0.843. The molecule has 0 heterocycles. The summed E-state index contributed by atoms with van der Waals surface area (Å²) in [5, 5.41) is 13.7. The fraction of sp³-hybridized carbons (Fsp3) is 0. The summed E-state index contributed by atoms with van der Waals surface area (Å²) < 4.78 is 4.42. The van der Waals surface area contributed by atoms with E-state index in [1.807, 2.05) is 36.4 Å². The first kappa shape index (κ1) is 11.2. The van der Waals surface area contributed by atoms with Crippen molar-refractivity contribution in [3.8, 4) is 0 Å². The third-order valence-electron chi connectivity index (χ3n) is 2.16. The molecule has 0 radical (unpaired) electrons. The molecule has 0 aliphatic rings. The number of benzene rings is 2. The fourth-order valence-corrected chi connectivity index (χ4v) is 1.98. The molecule has 5 nitrogen and oxygen atoms in total. The molecule has 0 unspecified atom stereocenters. The molecule has 2 aromatic rings. The molecular formula is C10H10N2O3S. The maximum absolute atomic E-state index is 8.11. The van der Waals surface area contributed by atoms with Crippen molar-refractivity contribution in [3.05, 3.63) is 36.4 Å². The number of hydrazine groups is 1. The van der Waals surface area contributed by atoms with E-state index in [0.29, 0.717) is 0 Å². The summed E-state index contributed by atoms with van der Waals surface area (Å²) in [6, 6.07) is 11.4. The van der Waals surface area contributed by atoms with E-state index in [1.165, 1.54) is 0 Å². The van der Waals surface area contributed by atoms with Crippen LogP contribution in [0.3, 0.4) is 0 Å². The summed E-state index contributed by atoms with van der Waals surface area (Å²) in [5.41, 5.74) is 3.41. The van der Waals surface area contributed by atoms with Crippen molar-refractivity contribution < 1.29 is 14.6 Å². The first-order valence-corrected chi connectivity index (χ1v) is 5.23. The Morgan fingerprint density at radius 2 is 2.12 bits per heavy atom. The first-order chi connectivity index (χ1) is 7.85. The molecule has 6 heteroatoms. The average Bonchev–Trinajstić information content (AvgIpc) is 2.35. The minimum Gasteiger partial charge on any atom is -0.324 e. The van der Waals surface area contributed by atoms with E-state index in [0.717, 1.165) is 33.4 Å². The van der Waals surface area contributed by atoms with Crippen LogP contribution in [0.5, 0.6) is 0 Å². The summed E-state index contributed by atoms with van der Waals surface area (Å²) in [5.74, 6) is 5.33. The van der Waals surface area contributed by atoms with Crippen LogP contribution in [0.2, 0.25) is 0 Å². The third-order valence-corrected chi connectivity index (χ3v) is 2.83. The Balaban J connectivity index is 2.43. The zero-order chi connectivity index (χ0) is 11.4. The van der Waals surface area contributed by atoms with Gasteiger partial charge in [0.2, 0.25) is 0 Å². The van der Waals surface area contributed by atoms with Crippen molar-refractivity contribution in [2.45, 2.75) is 4.90 Å². The monoisotopic (exact) mass is 238 g/mol. The summed E-state index contributed by atoms with van der Waals surface area (Å²) >= 11 is 0.939. The van der Waals surface area contributed by atoms with Gasteiger partial charge in [-0.05, 0) is 29.0 Å². The van der Waals surface area contributed by atoms with Crippen LogP contribution in [-0.4, -0.2) is 5.26 Å². The molecule has 0 fully saturated rings. The smallest absolute Gasteiger partial charge is 0.0720 e. The highest BCUT2D eigenvalue weighted by Crippen LogP contribution is 2.29. The van der Waals surface area contributed by atoms with E-state index in [1.54, 1.807) is 0 Å². The second-order valence-electron chi connectivity index (χ2n) is 3.06. The Kier molecular flexibility index (Phi) is 3.60. The maximum atomic E-state index is 8.11. The molecule has 0 saturated heterocycles. The van der Waals surface area contributed by atoms with Gasteiger partial charge < -0.3 is 5.43 Å². The molecule has 0 spiro atoms. The quantitative estimate of drug-likeness (QED) is 0.329. The van der Waals surface area contributed by atoms with Crippen molar-refractivity contribution in [1.82, 2.24) is 0 Å². The van der Waals surface area contributed by atoms with Gasteiger partial charge in [0.1, 0.15) is 0 Å². The molecular weight excluding hydrogens is 228 g/mol. The third kappa shape index (κ3) is 2.26. The van der Waals surface area contributed by atoms with Gasteiger partial charge in [0, 0.05) is 10.6 Å². The molecule has 0 saturated carbocycles. The van der Waals surface area contributed by atoms with Crippen LogP contribution in [0, 0.1) is 0 Å². The standard InChI is InChI=1S/C10H10N2O3S/c11-12-8-4-5-9-7(6-8)2-1-3-10(9)16-15-14-13/h1-6,12-13H,11H2. The van der Waals surface area contributed by atoms with E-state index in [2.05, 4.69) is 14.8 Å². The SMILES string of the molecule is NNc1ccc2c(SOOO)cccc2c1.